The first-order chi connectivity index (χ1) is 9.10. The van der Waals surface area contributed by atoms with Crippen LogP contribution in [0.4, 0.5) is 5.82 Å². The predicted octanol–water partition coefficient (Wildman–Crippen LogP) is 1.11. The van der Waals surface area contributed by atoms with Crippen LogP contribution in [0.25, 0.3) is 0 Å². The second-order valence-electron chi connectivity index (χ2n) is 5.66. The first-order valence-corrected chi connectivity index (χ1v) is 6.70. The van der Waals surface area contributed by atoms with E-state index < -0.39 is 5.91 Å². The fraction of sp³-hybridized carbons (Fsp3) is 0.571. The lowest BCUT2D eigenvalue weighted by Crippen LogP contribution is -2.59. The van der Waals surface area contributed by atoms with Crippen molar-refractivity contribution in [3.05, 3.63) is 23.4 Å². The monoisotopic (exact) mass is 261 g/mol. The number of rotatable bonds is 2. The molecule has 0 saturated carbocycles. The standard InChI is InChI=1S/C14H19N3O2/c1-10-2-3-11(12(15)18)13(16-10)17-8-14(9-17)4-6-19-7-5-14/h2-3H,4-9H2,1H3,(H2,15,18). The maximum absolute atomic E-state index is 11.5. The third-order valence-electron chi connectivity index (χ3n) is 4.19. The van der Waals surface area contributed by atoms with E-state index in [4.69, 9.17) is 10.5 Å². The number of amides is 1. The summed E-state index contributed by atoms with van der Waals surface area (Å²) in [6.07, 6.45) is 2.20. The molecule has 2 fully saturated rings. The van der Waals surface area contributed by atoms with Gasteiger partial charge >= 0.3 is 0 Å². The molecule has 2 saturated heterocycles. The lowest BCUT2D eigenvalue weighted by atomic mass is 9.73. The average Bonchev–Trinajstić information content (AvgIpc) is 2.36. The Balaban J connectivity index is 1.81. The van der Waals surface area contributed by atoms with Crippen molar-refractivity contribution in [3.8, 4) is 0 Å². The molecule has 0 aromatic carbocycles. The zero-order valence-electron chi connectivity index (χ0n) is 11.2. The van der Waals surface area contributed by atoms with E-state index in [2.05, 4.69) is 9.88 Å². The van der Waals surface area contributed by atoms with Crippen molar-refractivity contribution in [3.63, 3.8) is 0 Å². The number of carbonyl (C=O) groups is 1. The topological polar surface area (TPSA) is 68.5 Å². The molecule has 0 aliphatic carbocycles. The number of nitrogens with two attached hydrogens (primary N) is 1. The molecule has 1 amide bonds. The van der Waals surface area contributed by atoms with Gasteiger partial charge in [0.05, 0.1) is 5.56 Å². The Labute approximate surface area is 112 Å². The third-order valence-corrected chi connectivity index (χ3v) is 4.19. The van der Waals surface area contributed by atoms with Crippen LogP contribution in [0.15, 0.2) is 12.1 Å². The third kappa shape index (κ3) is 2.18. The fourth-order valence-electron chi connectivity index (χ4n) is 3.01. The molecular weight excluding hydrogens is 242 g/mol. The van der Waals surface area contributed by atoms with Crippen molar-refractivity contribution < 1.29 is 9.53 Å². The summed E-state index contributed by atoms with van der Waals surface area (Å²) in [4.78, 5) is 18.1. The molecule has 1 aromatic heterocycles. The van der Waals surface area contributed by atoms with E-state index in [1.54, 1.807) is 6.07 Å². The number of aromatic nitrogens is 1. The van der Waals surface area contributed by atoms with Gasteiger partial charge in [-0.2, -0.15) is 0 Å². The Kier molecular flexibility index (Phi) is 2.93. The minimum absolute atomic E-state index is 0.360. The molecule has 2 aliphatic rings. The predicted molar refractivity (Wildman–Crippen MR) is 72.2 cm³/mol. The zero-order chi connectivity index (χ0) is 13.5. The molecule has 3 rings (SSSR count). The van der Waals surface area contributed by atoms with E-state index in [1.165, 1.54) is 0 Å². The summed E-state index contributed by atoms with van der Waals surface area (Å²) in [7, 11) is 0. The van der Waals surface area contributed by atoms with Gasteiger partial charge in [-0.1, -0.05) is 0 Å². The quantitative estimate of drug-likeness (QED) is 0.865. The minimum Gasteiger partial charge on any atom is -0.381 e. The molecule has 0 radical (unpaired) electrons. The molecule has 5 nitrogen and oxygen atoms in total. The molecular formula is C14H19N3O2. The Morgan fingerprint density at radius 3 is 2.68 bits per heavy atom. The molecule has 2 N–H and O–H groups in total. The number of aryl methyl sites for hydroxylation is 1. The molecule has 0 atom stereocenters. The number of hydrogen-bond donors (Lipinski definition) is 1. The van der Waals surface area contributed by atoms with Gasteiger partial charge in [-0.3, -0.25) is 4.79 Å². The van der Waals surface area contributed by atoms with Gasteiger partial charge in [0.25, 0.3) is 5.91 Å². The van der Waals surface area contributed by atoms with Crippen LogP contribution >= 0.6 is 0 Å². The lowest BCUT2D eigenvalue weighted by Gasteiger charge is -2.53. The summed E-state index contributed by atoms with van der Waals surface area (Å²) in [5.41, 5.74) is 7.22. The maximum atomic E-state index is 11.5. The maximum Gasteiger partial charge on any atom is 0.252 e. The van der Waals surface area contributed by atoms with Gasteiger partial charge in [-0.05, 0) is 31.9 Å². The first kappa shape index (κ1) is 12.4. The summed E-state index contributed by atoms with van der Waals surface area (Å²) in [5.74, 6) is 0.333. The summed E-state index contributed by atoms with van der Waals surface area (Å²) in [6, 6.07) is 3.60. The van der Waals surface area contributed by atoms with Crippen LogP contribution in [-0.4, -0.2) is 37.2 Å². The van der Waals surface area contributed by atoms with Crippen LogP contribution in [0.1, 0.15) is 28.9 Å². The van der Waals surface area contributed by atoms with E-state index in [-0.39, 0.29) is 0 Å². The van der Waals surface area contributed by atoms with Crippen LogP contribution in [-0.2, 0) is 4.74 Å². The van der Waals surface area contributed by atoms with Crippen LogP contribution in [0.3, 0.4) is 0 Å². The van der Waals surface area contributed by atoms with Gasteiger partial charge in [-0.25, -0.2) is 4.98 Å². The van der Waals surface area contributed by atoms with Gasteiger partial charge < -0.3 is 15.4 Å². The SMILES string of the molecule is Cc1ccc(C(N)=O)c(N2CC3(CCOCC3)C2)n1. The number of carbonyl (C=O) groups excluding carboxylic acids is 1. The summed E-state index contributed by atoms with van der Waals surface area (Å²) >= 11 is 0. The van der Waals surface area contributed by atoms with Crippen LogP contribution < -0.4 is 10.6 Å². The number of primary amides is 1. The molecule has 3 heterocycles. The Hall–Kier alpha value is -1.62. The average molecular weight is 261 g/mol. The van der Waals surface area contributed by atoms with E-state index >= 15 is 0 Å². The first-order valence-electron chi connectivity index (χ1n) is 6.70. The molecule has 1 aromatic rings. The second kappa shape index (κ2) is 4.49. The minimum atomic E-state index is -0.407. The van der Waals surface area contributed by atoms with Gasteiger partial charge in [-0.15, -0.1) is 0 Å². The van der Waals surface area contributed by atoms with Crippen molar-refractivity contribution in [1.29, 1.82) is 0 Å². The molecule has 19 heavy (non-hydrogen) atoms. The van der Waals surface area contributed by atoms with Crippen molar-refractivity contribution in [2.45, 2.75) is 19.8 Å². The highest BCUT2D eigenvalue weighted by Crippen LogP contribution is 2.42. The lowest BCUT2D eigenvalue weighted by molar-refractivity contribution is -0.000519. The number of hydrogen-bond acceptors (Lipinski definition) is 4. The fourth-order valence-corrected chi connectivity index (χ4v) is 3.01. The molecule has 1 spiro atoms. The number of ether oxygens (including phenoxy) is 1. The van der Waals surface area contributed by atoms with Crippen LogP contribution in [0, 0.1) is 12.3 Å². The van der Waals surface area contributed by atoms with Gasteiger partial charge in [0.1, 0.15) is 5.82 Å². The Morgan fingerprint density at radius 1 is 1.37 bits per heavy atom. The zero-order valence-corrected chi connectivity index (χ0v) is 11.2. The van der Waals surface area contributed by atoms with Crippen molar-refractivity contribution in [1.82, 2.24) is 4.98 Å². The van der Waals surface area contributed by atoms with Gasteiger partial charge in [0.15, 0.2) is 0 Å². The van der Waals surface area contributed by atoms with E-state index in [1.807, 2.05) is 13.0 Å². The van der Waals surface area contributed by atoms with E-state index in [0.29, 0.717) is 11.0 Å². The highest BCUT2D eigenvalue weighted by molar-refractivity contribution is 5.97. The summed E-state index contributed by atoms with van der Waals surface area (Å²) in [6.45, 7) is 5.52. The molecule has 2 aliphatic heterocycles. The van der Waals surface area contributed by atoms with Crippen molar-refractivity contribution in [2.75, 3.05) is 31.2 Å². The largest absolute Gasteiger partial charge is 0.381 e. The van der Waals surface area contributed by atoms with Gasteiger partial charge in [0, 0.05) is 37.4 Å². The molecule has 0 bridgehead atoms. The smallest absolute Gasteiger partial charge is 0.252 e. The summed E-state index contributed by atoms with van der Waals surface area (Å²) in [5, 5.41) is 0. The second-order valence-corrected chi connectivity index (χ2v) is 5.66. The number of anilines is 1. The summed E-state index contributed by atoms with van der Waals surface area (Å²) < 4.78 is 5.41. The van der Waals surface area contributed by atoms with Crippen molar-refractivity contribution in [2.24, 2.45) is 11.1 Å². The van der Waals surface area contributed by atoms with Gasteiger partial charge in [0.2, 0.25) is 0 Å². The molecule has 0 unspecified atom stereocenters. The number of nitrogens with zero attached hydrogens (tertiary/aromatic N) is 2. The Morgan fingerprint density at radius 2 is 2.05 bits per heavy atom. The van der Waals surface area contributed by atoms with E-state index in [9.17, 15) is 4.79 Å². The molecule has 5 heteroatoms. The highest BCUT2D eigenvalue weighted by atomic mass is 16.5. The molecule has 102 valence electrons. The Bertz CT molecular complexity index is 501. The van der Waals surface area contributed by atoms with Crippen molar-refractivity contribution >= 4 is 11.7 Å². The highest BCUT2D eigenvalue weighted by Gasteiger charge is 2.45. The van der Waals surface area contributed by atoms with Crippen LogP contribution in [0.5, 0.6) is 0 Å². The number of pyridine rings is 1. The van der Waals surface area contributed by atoms with Crippen LogP contribution in [0.2, 0.25) is 0 Å². The normalized spacial score (nSPS) is 21.2. The van der Waals surface area contributed by atoms with E-state index in [0.717, 1.165) is 50.7 Å².